The maximum absolute atomic E-state index is 12.8. The lowest BCUT2D eigenvalue weighted by atomic mass is 10.2. The molecule has 0 aliphatic carbocycles. The fraction of sp³-hybridized carbons (Fsp3) is 0.474. The van der Waals surface area contributed by atoms with Crippen molar-refractivity contribution in [3.05, 3.63) is 24.3 Å². The van der Waals surface area contributed by atoms with E-state index in [1.807, 2.05) is 0 Å². The molecule has 0 atom stereocenters. The van der Waals surface area contributed by atoms with E-state index in [0.717, 1.165) is 0 Å². The van der Waals surface area contributed by atoms with Crippen LogP contribution in [0.4, 0.5) is 16.2 Å². The van der Waals surface area contributed by atoms with Crippen molar-refractivity contribution in [1.82, 2.24) is 9.62 Å². The maximum Gasteiger partial charge on any atom is 0.422 e. The van der Waals surface area contributed by atoms with E-state index in [-0.39, 0.29) is 18.2 Å². The van der Waals surface area contributed by atoms with E-state index in [9.17, 15) is 22.8 Å². The highest BCUT2D eigenvalue weighted by Gasteiger charge is 2.30. The molecule has 1 aromatic rings. The standard InChI is InChI=1S/C19H26N4O7S2/c1-6-29-16(25)11-23(32(27,28)21-18(26)30-19(2,3)4)14-9-7-13(8-10-14)20-17-22(5)15(24)12-31-17/h7-10H,6,11-12H2,1-5H3,(H,21,26). The van der Waals surface area contributed by atoms with Crippen molar-refractivity contribution >= 4 is 56.5 Å². The number of carbonyl (C=O) groups excluding carboxylic acids is 3. The second kappa shape index (κ2) is 10.2. The van der Waals surface area contributed by atoms with E-state index in [1.54, 1.807) is 39.5 Å². The van der Waals surface area contributed by atoms with E-state index >= 15 is 0 Å². The van der Waals surface area contributed by atoms with Crippen molar-refractivity contribution in [3.63, 3.8) is 0 Å². The first-order valence-corrected chi connectivity index (χ1v) is 12.0. The fourth-order valence-electron chi connectivity index (χ4n) is 2.44. The molecule has 1 aromatic carbocycles. The van der Waals surface area contributed by atoms with Crippen molar-refractivity contribution in [2.75, 3.05) is 30.3 Å². The van der Waals surface area contributed by atoms with Crippen LogP contribution in [0.3, 0.4) is 0 Å². The SMILES string of the molecule is CCOC(=O)CN(c1ccc(N=C2SCC(=O)N2C)cc1)S(=O)(=O)NC(=O)OC(C)(C)C. The topological polar surface area (TPSA) is 135 Å². The van der Waals surface area contributed by atoms with Crippen molar-refractivity contribution in [1.29, 1.82) is 0 Å². The molecular weight excluding hydrogens is 460 g/mol. The molecule has 0 unspecified atom stereocenters. The molecule has 2 amide bonds. The highest BCUT2D eigenvalue weighted by Crippen LogP contribution is 2.26. The molecule has 1 saturated heterocycles. The predicted octanol–water partition coefficient (Wildman–Crippen LogP) is 2.02. The monoisotopic (exact) mass is 486 g/mol. The summed E-state index contributed by atoms with van der Waals surface area (Å²) in [6.45, 7) is 5.75. The first-order valence-electron chi connectivity index (χ1n) is 9.59. The van der Waals surface area contributed by atoms with Gasteiger partial charge in [0, 0.05) is 7.05 Å². The third kappa shape index (κ3) is 7.12. The van der Waals surface area contributed by atoms with Crippen LogP contribution in [0.2, 0.25) is 0 Å². The Morgan fingerprint density at radius 2 is 1.88 bits per heavy atom. The Bertz CT molecular complexity index is 1000. The van der Waals surface area contributed by atoms with Crippen molar-refractivity contribution in [3.8, 4) is 0 Å². The van der Waals surface area contributed by atoms with Gasteiger partial charge in [-0.2, -0.15) is 8.42 Å². The summed E-state index contributed by atoms with van der Waals surface area (Å²) < 4.78 is 38.0. The Morgan fingerprint density at radius 1 is 1.25 bits per heavy atom. The summed E-state index contributed by atoms with van der Waals surface area (Å²) in [7, 11) is -2.88. The van der Waals surface area contributed by atoms with Gasteiger partial charge in [0.15, 0.2) is 5.17 Å². The number of benzene rings is 1. The number of amidine groups is 1. The summed E-state index contributed by atoms with van der Waals surface area (Å²) in [5, 5.41) is 0.519. The largest absolute Gasteiger partial charge is 0.465 e. The van der Waals surface area contributed by atoms with Gasteiger partial charge in [-0.05, 0) is 52.0 Å². The summed E-state index contributed by atoms with van der Waals surface area (Å²) in [5.74, 6) is -0.561. The van der Waals surface area contributed by atoms with E-state index in [2.05, 4.69) is 4.99 Å². The van der Waals surface area contributed by atoms with Gasteiger partial charge in [-0.1, -0.05) is 11.8 Å². The number of hydrogen-bond acceptors (Lipinski definition) is 9. The number of amides is 2. The Morgan fingerprint density at radius 3 is 2.38 bits per heavy atom. The smallest absolute Gasteiger partial charge is 0.422 e. The number of ether oxygens (including phenoxy) is 2. The lowest BCUT2D eigenvalue weighted by Gasteiger charge is -2.25. The molecule has 32 heavy (non-hydrogen) atoms. The summed E-state index contributed by atoms with van der Waals surface area (Å²) in [5.41, 5.74) is -0.341. The molecule has 1 heterocycles. The molecule has 1 N–H and O–H groups in total. The lowest BCUT2D eigenvalue weighted by Crippen LogP contribution is -2.47. The molecular formula is C19H26N4O7S2. The van der Waals surface area contributed by atoms with E-state index in [4.69, 9.17) is 9.47 Å². The quantitative estimate of drug-likeness (QED) is 0.579. The molecule has 11 nitrogen and oxygen atoms in total. The van der Waals surface area contributed by atoms with Gasteiger partial charge in [0.05, 0.1) is 23.7 Å². The molecule has 13 heteroatoms. The summed E-state index contributed by atoms with van der Waals surface area (Å²) >= 11 is 1.29. The van der Waals surface area contributed by atoms with Crippen molar-refractivity contribution < 1.29 is 32.3 Å². The number of carbonyl (C=O) groups is 3. The van der Waals surface area contributed by atoms with Crippen LogP contribution in [-0.4, -0.2) is 68.0 Å². The van der Waals surface area contributed by atoms with Crippen molar-refractivity contribution in [2.24, 2.45) is 4.99 Å². The number of hydrogen-bond donors (Lipinski definition) is 1. The average molecular weight is 487 g/mol. The zero-order valence-corrected chi connectivity index (χ0v) is 20.1. The number of aliphatic imine (C=N–C) groups is 1. The van der Waals surface area contributed by atoms with E-state index in [1.165, 1.54) is 40.9 Å². The zero-order valence-electron chi connectivity index (χ0n) is 18.4. The molecule has 0 aromatic heterocycles. The van der Waals surface area contributed by atoms with Gasteiger partial charge in [0.25, 0.3) is 0 Å². The molecule has 1 aliphatic heterocycles. The lowest BCUT2D eigenvalue weighted by molar-refractivity contribution is -0.141. The normalized spacial score (nSPS) is 15.6. The average Bonchev–Trinajstić information content (AvgIpc) is 2.97. The van der Waals surface area contributed by atoms with Crippen LogP contribution in [0.5, 0.6) is 0 Å². The highest BCUT2D eigenvalue weighted by atomic mass is 32.2. The van der Waals surface area contributed by atoms with E-state index < -0.39 is 34.4 Å². The summed E-state index contributed by atoms with van der Waals surface area (Å²) in [6, 6.07) is 5.91. The van der Waals surface area contributed by atoms with Crippen LogP contribution in [0, 0.1) is 0 Å². The Kier molecular flexibility index (Phi) is 8.13. The van der Waals surface area contributed by atoms with Crippen LogP contribution < -0.4 is 9.03 Å². The van der Waals surface area contributed by atoms with Crippen LogP contribution >= 0.6 is 11.8 Å². The second-order valence-electron chi connectivity index (χ2n) is 7.57. The molecule has 0 radical (unpaired) electrons. The Labute approximate surface area is 191 Å². The van der Waals surface area contributed by atoms with Crippen LogP contribution in [0.15, 0.2) is 29.3 Å². The second-order valence-corrected chi connectivity index (χ2v) is 10.1. The highest BCUT2D eigenvalue weighted by molar-refractivity contribution is 8.15. The fourth-order valence-corrected chi connectivity index (χ4v) is 4.38. The number of anilines is 1. The molecule has 0 saturated carbocycles. The number of nitrogens with zero attached hydrogens (tertiary/aromatic N) is 3. The number of esters is 1. The third-order valence-electron chi connectivity index (χ3n) is 3.83. The minimum Gasteiger partial charge on any atom is -0.465 e. The van der Waals surface area contributed by atoms with Crippen LogP contribution in [-0.2, 0) is 29.3 Å². The number of thioether (sulfide) groups is 1. The Hall–Kier alpha value is -2.80. The van der Waals surface area contributed by atoms with Crippen molar-refractivity contribution in [2.45, 2.75) is 33.3 Å². The minimum atomic E-state index is -4.50. The minimum absolute atomic E-state index is 0.0621. The van der Waals surface area contributed by atoms with Crippen LogP contribution in [0.25, 0.3) is 0 Å². The molecule has 1 fully saturated rings. The summed E-state index contributed by atoms with van der Waals surface area (Å²) in [6.07, 6.45) is -1.18. The zero-order chi connectivity index (χ0) is 24.1. The van der Waals surface area contributed by atoms with Gasteiger partial charge in [-0.25, -0.2) is 18.8 Å². The van der Waals surface area contributed by atoms with Gasteiger partial charge >= 0.3 is 22.3 Å². The molecule has 0 spiro atoms. The van der Waals surface area contributed by atoms with Crippen LogP contribution in [0.1, 0.15) is 27.7 Å². The molecule has 176 valence electrons. The summed E-state index contributed by atoms with van der Waals surface area (Å²) in [4.78, 5) is 41.5. The van der Waals surface area contributed by atoms with Gasteiger partial charge in [0.2, 0.25) is 5.91 Å². The molecule has 2 rings (SSSR count). The van der Waals surface area contributed by atoms with E-state index in [0.29, 0.717) is 20.9 Å². The van der Waals surface area contributed by atoms with Gasteiger partial charge in [-0.3, -0.25) is 14.5 Å². The Balaban J connectivity index is 2.30. The molecule has 0 bridgehead atoms. The first kappa shape index (κ1) is 25.5. The number of nitrogens with one attached hydrogen (secondary N) is 1. The predicted molar refractivity (Wildman–Crippen MR) is 121 cm³/mol. The maximum atomic E-state index is 12.8. The molecule has 1 aliphatic rings. The first-order chi connectivity index (χ1) is 14.8. The van der Waals surface area contributed by atoms with Gasteiger partial charge in [0.1, 0.15) is 12.1 Å². The van der Waals surface area contributed by atoms with Gasteiger partial charge < -0.3 is 9.47 Å². The third-order valence-corrected chi connectivity index (χ3v) is 6.19. The van der Waals surface area contributed by atoms with Gasteiger partial charge in [-0.15, -0.1) is 0 Å². The number of rotatable bonds is 7.